The number of aliphatic hydroxyl groups is 1. The van der Waals surface area contributed by atoms with Gasteiger partial charge in [-0.3, -0.25) is 19.7 Å². The molecule has 0 aliphatic carbocycles. The summed E-state index contributed by atoms with van der Waals surface area (Å²) in [5.74, 6) is -2.91. The minimum Gasteiger partial charge on any atom is -0.447 e. The number of rotatable bonds is 5. The molecule has 0 saturated carbocycles. The Bertz CT molecular complexity index is 823. The maximum absolute atomic E-state index is 14.8. The van der Waals surface area contributed by atoms with E-state index in [-0.39, 0.29) is 50.7 Å². The van der Waals surface area contributed by atoms with E-state index < -0.39 is 42.2 Å². The number of halogens is 2. The van der Waals surface area contributed by atoms with Crippen molar-refractivity contribution in [2.45, 2.75) is 13.0 Å². The summed E-state index contributed by atoms with van der Waals surface area (Å²) in [6, 6.07) is 1.15. The lowest BCUT2D eigenvalue weighted by atomic mass is 10.1. The first-order chi connectivity index (χ1) is 14.2. The number of cyclic esters (lactones) is 1. The number of carbonyl (C=O) groups excluding carboxylic acids is 3. The fourth-order valence-corrected chi connectivity index (χ4v) is 3.51. The highest BCUT2D eigenvalue weighted by atomic mass is 19.1. The number of nitrogens with zero attached hydrogens (tertiary/aromatic N) is 4. The third-order valence-electron chi connectivity index (χ3n) is 5.07. The van der Waals surface area contributed by atoms with Crippen molar-refractivity contribution in [1.29, 1.82) is 0 Å². The molecule has 3 rings (SSSR count). The van der Waals surface area contributed by atoms with Crippen molar-refractivity contribution in [3.63, 3.8) is 0 Å². The van der Waals surface area contributed by atoms with Crippen molar-refractivity contribution in [3.05, 3.63) is 23.8 Å². The number of hydroxylamine groups is 2. The van der Waals surface area contributed by atoms with Gasteiger partial charge in [0, 0.05) is 45.2 Å². The van der Waals surface area contributed by atoms with Crippen LogP contribution in [-0.2, 0) is 14.3 Å². The molecule has 1 unspecified atom stereocenters. The number of amides is 3. The summed E-state index contributed by atoms with van der Waals surface area (Å²) < 4.78 is 34.6. The van der Waals surface area contributed by atoms with E-state index in [4.69, 9.17) is 9.84 Å². The minimum absolute atomic E-state index is 0.104. The molecule has 3 amide bonds. The van der Waals surface area contributed by atoms with Crippen LogP contribution in [0.1, 0.15) is 6.92 Å². The van der Waals surface area contributed by atoms with Crippen LogP contribution in [0.2, 0.25) is 0 Å². The Morgan fingerprint density at radius 2 is 1.80 bits per heavy atom. The van der Waals surface area contributed by atoms with Gasteiger partial charge in [0.05, 0.1) is 18.3 Å². The molecule has 1 aromatic rings. The minimum atomic E-state index is -0.905. The number of benzene rings is 1. The van der Waals surface area contributed by atoms with Crippen molar-refractivity contribution < 1.29 is 38.2 Å². The molecule has 0 radical (unpaired) electrons. The molecule has 2 N–H and O–H groups in total. The topological polar surface area (TPSA) is 114 Å². The first-order valence-electron chi connectivity index (χ1n) is 9.28. The Balaban J connectivity index is 1.79. The molecule has 2 aliphatic rings. The maximum Gasteiger partial charge on any atom is 0.414 e. The lowest BCUT2D eigenvalue weighted by Gasteiger charge is -2.36. The smallest absolute Gasteiger partial charge is 0.414 e. The van der Waals surface area contributed by atoms with E-state index in [1.165, 1.54) is 9.80 Å². The first kappa shape index (κ1) is 21.7. The van der Waals surface area contributed by atoms with Crippen LogP contribution in [0.15, 0.2) is 12.1 Å². The lowest BCUT2D eigenvalue weighted by Crippen LogP contribution is -2.50. The number of piperazine rings is 1. The molecule has 12 heteroatoms. The van der Waals surface area contributed by atoms with Crippen LogP contribution in [0.4, 0.5) is 25.0 Å². The second kappa shape index (κ2) is 8.79. The summed E-state index contributed by atoms with van der Waals surface area (Å²) in [5, 5.41) is 18.9. The number of ether oxygens (including phenoxy) is 1. The Hall–Kier alpha value is -2.99. The quantitative estimate of drug-likeness (QED) is 0.508. The van der Waals surface area contributed by atoms with Crippen LogP contribution in [-0.4, -0.2) is 90.2 Å². The summed E-state index contributed by atoms with van der Waals surface area (Å²) in [7, 11) is 0. The van der Waals surface area contributed by atoms with Gasteiger partial charge in [0.2, 0.25) is 11.8 Å². The monoisotopic (exact) mass is 428 g/mol. The van der Waals surface area contributed by atoms with Crippen molar-refractivity contribution in [2.24, 2.45) is 0 Å². The van der Waals surface area contributed by atoms with Crippen LogP contribution in [0, 0.1) is 11.6 Å². The summed E-state index contributed by atoms with van der Waals surface area (Å²) in [5.41, 5.74) is -0.390. The van der Waals surface area contributed by atoms with Crippen molar-refractivity contribution in [2.75, 3.05) is 55.7 Å². The van der Waals surface area contributed by atoms with Gasteiger partial charge in [0.15, 0.2) is 11.6 Å². The van der Waals surface area contributed by atoms with Gasteiger partial charge in [-0.1, -0.05) is 0 Å². The lowest BCUT2D eigenvalue weighted by molar-refractivity contribution is -0.163. The number of carbonyl (C=O) groups is 3. The SMILES string of the molecule is CC(=O)N(O)CC1COC(=O)N1c1cc(F)c(N2CCN(C(=O)CO)CC2)c(F)c1. The molecular formula is C18H22F2N4O6. The Labute approximate surface area is 170 Å². The van der Waals surface area contributed by atoms with E-state index >= 15 is 0 Å². The summed E-state index contributed by atoms with van der Waals surface area (Å²) in [4.78, 5) is 38.7. The fourth-order valence-electron chi connectivity index (χ4n) is 3.51. The van der Waals surface area contributed by atoms with Crippen LogP contribution in [0.5, 0.6) is 0 Å². The van der Waals surface area contributed by atoms with E-state index in [1.54, 1.807) is 0 Å². The van der Waals surface area contributed by atoms with E-state index in [0.29, 0.717) is 5.06 Å². The van der Waals surface area contributed by atoms with Crippen molar-refractivity contribution >= 4 is 29.3 Å². The predicted molar refractivity (Wildman–Crippen MR) is 99.0 cm³/mol. The Kier molecular flexibility index (Phi) is 6.37. The van der Waals surface area contributed by atoms with Crippen molar-refractivity contribution in [1.82, 2.24) is 9.96 Å². The van der Waals surface area contributed by atoms with E-state index in [2.05, 4.69) is 0 Å². The van der Waals surface area contributed by atoms with Gasteiger partial charge in [-0.25, -0.2) is 18.6 Å². The molecule has 10 nitrogen and oxygen atoms in total. The normalized spacial score (nSPS) is 19.2. The zero-order valence-electron chi connectivity index (χ0n) is 16.3. The third kappa shape index (κ3) is 4.28. The molecule has 0 bridgehead atoms. The van der Waals surface area contributed by atoms with Gasteiger partial charge >= 0.3 is 6.09 Å². The molecule has 2 saturated heterocycles. The van der Waals surface area contributed by atoms with Crippen LogP contribution < -0.4 is 9.80 Å². The van der Waals surface area contributed by atoms with Crippen molar-refractivity contribution in [3.8, 4) is 0 Å². The summed E-state index contributed by atoms with van der Waals surface area (Å²) >= 11 is 0. The predicted octanol–water partition coefficient (Wildman–Crippen LogP) is 0.169. The highest BCUT2D eigenvalue weighted by Gasteiger charge is 2.37. The van der Waals surface area contributed by atoms with Gasteiger partial charge in [-0.15, -0.1) is 0 Å². The zero-order chi connectivity index (χ0) is 22.0. The molecular weight excluding hydrogens is 406 g/mol. The van der Waals surface area contributed by atoms with Crippen LogP contribution in [0.25, 0.3) is 0 Å². The van der Waals surface area contributed by atoms with E-state index in [9.17, 15) is 28.4 Å². The zero-order valence-corrected chi connectivity index (χ0v) is 16.3. The fraction of sp³-hybridized carbons (Fsp3) is 0.500. The van der Waals surface area contributed by atoms with Crippen LogP contribution >= 0.6 is 0 Å². The molecule has 164 valence electrons. The second-order valence-electron chi connectivity index (χ2n) is 6.99. The van der Waals surface area contributed by atoms with Gasteiger partial charge < -0.3 is 19.6 Å². The Morgan fingerprint density at radius 1 is 1.20 bits per heavy atom. The van der Waals surface area contributed by atoms with Gasteiger partial charge in [-0.05, 0) is 0 Å². The van der Waals surface area contributed by atoms with Gasteiger partial charge in [0.1, 0.15) is 18.9 Å². The number of anilines is 2. The largest absolute Gasteiger partial charge is 0.447 e. The number of aliphatic hydroxyl groups excluding tert-OH is 1. The highest BCUT2D eigenvalue weighted by molar-refractivity contribution is 5.91. The average Bonchev–Trinajstić information content (AvgIpc) is 3.07. The van der Waals surface area contributed by atoms with Gasteiger partial charge in [-0.2, -0.15) is 0 Å². The standard InChI is InChI=1S/C18H22F2N4O6/c1-11(26)23(29)8-13-10-30-18(28)24(13)12-6-14(19)17(15(20)7-12)22-4-2-21(3-5-22)16(27)9-25/h6-7,13,25,29H,2-5,8-10H2,1H3. The highest BCUT2D eigenvalue weighted by Crippen LogP contribution is 2.32. The average molecular weight is 428 g/mol. The number of hydrogen-bond acceptors (Lipinski definition) is 7. The molecule has 0 spiro atoms. The van der Waals surface area contributed by atoms with E-state index in [0.717, 1.165) is 24.0 Å². The number of hydrogen-bond donors (Lipinski definition) is 2. The summed E-state index contributed by atoms with van der Waals surface area (Å²) in [6.07, 6.45) is -0.848. The summed E-state index contributed by atoms with van der Waals surface area (Å²) in [6.45, 7) is 0.817. The second-order valence-corrected chi connectivity index (χ2v) is 6.99. The molecule has 0 aromatic heterocycles. The van der Waals surface area contributed by atoms with Gasteiger partial charge in [0.25, 0.3) is 0 Å². The molecule has 2 aliphatic heterocycles. The maximum atomic E-state index is 14.8. The molecule has 2 fully saturated rings. The molecule has 2 heterocycles. The first-order valence-corrected chi connectivity index (χ1v) is 9.28. The molecule has 1 atom stereocenters. The Morgan fingerprint density at radius 3 is 2.33 bits per heavy atom. The third-order valence-corrected chi connectivity index (χ3v) is 5.07. The van der Waals surface area contributed by atoms with Crippen LogP contribution in [0.3, 0.4) is 0 Å². The van der Waals surface area contributed by atoms with E-state index in [1.807, 2.05) is 0 Å². The molecule has 30 heavy (non-hydrogen) atoms. The molecule has 1 aromatic carbocycles.